The molecule has 0 aromatic carbocycles. The van der Waals surface area contributed by atoms with Gasteiger partial charge in [0.15, 0.2) is 9.68 Å². The Morgan fingerprint density at radius 3 is 1.50 bits per heavy atom. The van der Waals surface area contributed by atoms with E-state index in [1.165, 1.54) is 0 Å². The fourth-order valence-electron chi connectivity index (χ4n) is 0. The van der Waals surface area contributed by atoms with Gasteiger partial charge in [-0.2, -0.15) is 0 Å². The molecule has 0 saturated heterocycles. The fourth-order valence-corrected chi connectivity index (χ4v) is 0. The van der Waals surface area contributed by atoms with Crippen molar-refractivity contribution in [2.75, 3.05) is 0 Å². The monoisotopic (exact) mass is 109 g/mol. The zero-order chi connectivity index (χ0) is 5.21. The first-order valence-corrected chi connectivity index (χ1v) is 2.96. The summed E-state index contributed by atoms with van der Waals surface area (Å²) < 4.78 is 0. The van der Waals surface area contributed by atoms with Crippen LogP contribution in [0.15, 0.2) is 0 Å². The van der Waals surface area contributed by atoms with Gasteiger partial charge in [-0.15, -0.1) is 0 Å². The van der Waals surface area contributed by atoms with Crippen LogP contribution in [0.3, 0.4) is 0 Å². The standard InChI is InChI=1S/CH7NO3Si/c2-6-1(3,4)5/h3-5H,2,6H2. The fraction of sp³-hybridized carbons (Fsp3) is 1.00. The van der Waals surface area contributed by atoms with Gasteiger partial charge in [-0.25, -0.2) is 0 Å². The first-order chi connectivity index (χ1) is 2.56. The predicted octanol–water partition coefficient (Wildman–Crippen LogP) is -3.38. The average Bonchev–Trinajstić information content (AvgIpc) is 1.35. The van der Waals surface area contributed by atoms with Crippen molar-refractivity contribution >= 4 is 9.68 Å². The molecule has 0 spiro atoms. The van der Waals surface area contributed by atoms with Crippen LogP contribution in [0.4, 0.5) is 0 Å². The van der Waals surface area contributed by atoms with Crippen LogP contribution in [0.1, 0.15) is 0 Å². The van der Waals surface area contributed by atoms with E-state index in [0.717, 1.165) is 0 Å². The maximum absolute atomic E-state index is 7.87. The van der Waals surface area contributed by atoms with Crippen LogP contribution < -0.4 is 5.40 Å². The maximum atomic E-state index is 7.87. The molecular weight excluding hydrogens is 102 g/mol. The molecule has 0 radical (unpaired) electrons. The highest BCUT2D eigenvalue weighted by Crippen LogP contribution is 1.79. The lowest BCUT2D eigenvalue weighted by Gasteiger charge is -2.07. The van der Waals surface area contributed by atoms with E-state index in [1.807, 2.05) is 0 Å². The number of aliphatic hydroxyl groups is 3. The van der Waals surface area contributed by atoms with Gasteiger partial charge in [0.05, 0.1) is 0 Å². The summed E-state index contributed by atoms with van der Waals surface area (Å²) in [6, 6.07) is 0. The highest BCUT2D eigenvalue weighted by Gasteiger charge is 2.13. The molecule has 6 heavy (non-hydrogen) atoms. The second kappa shape index (κ2) is 1.67. The van der Waals surface area contributed by atoms with Crippen LogP contribution in [0.2, 0.25) is 0 Å². The predicted molar refractivity (Wildman–Crippen MR) is 22.1 cm³/mol. The topological polar surface area (TPSA) is 86.7 Å². The van der Waals surface area contributed by atoms with Crippen molar-refractivity contribution < 1.29 is 15.3 Å². The molecule has 0 aliphatic carbocycles. The Kier molecular flexibility index (Phi) is 1.69. The molecule has 4 nitrogen and oxygen atoms in total. The molecule has 0 bridgehead atoms. The number of rotatable bonds is 1. The molecule has 0 rings (SSSR count). The Morgan fingerprint density at radius 2 is 1.50 bits per heavy atom. The van der Waals surface area contributed by atoms with Gasteiger partial charge < -0.3 is 20.7 Å². The number of nitrogens with two attached hydrogens (primary N) is 1. The molecule has 5 N–H and O–H groups in total. The molecular formula is CH7NO3Si. The van der Waals surface area contributed by atoms with Crippen molar-refractivity contribution in [1.82, 2.24) is 0 Å². The maximum Gasteiger partial charge on any atom is 0.258 e. The van der Waals surface area contributed by atoms with E-state index in [9.17, 15) is 0 Å². The Balaban J connectivity index is 3.17. The molecule has 0 aliphatic rings. The minimum absolute atomic E-state index is 1.58. The van der Waals surface area contributed by atoms with E-state index in [0.29, 0.717) is 0 Å². The minimum atomic E-state index is -2.54. The average molecular weight is 109 g/mol. The van der Waals surface area contributed by atoms with Gasteiger partial charge in [0, 0.05) is 0 Å². The van der Waals surface area contributed by atoms with E-state index in [-0.39, 0.29) is 0 Å². The van der Waals surface area contributed by atoms with E-state index in [2.05, 4.69) is 0 Å². The Morgan fingerprint density at radius 1 is 1.33 bits per heavy atom. The Labute approximate surface area is 37.1 Å². The normalized spacial score (nSPS) is 14.0. The molecule has 0 fully saturated rings. The van der Waals surface area contributed by atoms with Gasteiger partial charge >= 0.3 is 0 Å². The largest absolute Gasteiger partial charge is 0.349 e. The van der Waals surface area contributed by atoms with Crippen LogP contribution in [-0.4, -0.2) is 30.6 Å². The third-order valence-corrected chi connectivity index (χ3v) is 0.822. The third kappa shape index (κ3) is 4.06. The Bertz CT molecular complexity index is 40.5. The third-order valence-electron chi connectivity index (χ3n) is 0.274. The molecule has 0 aromatic rings. The van der Waals surface area contributed by atoms with Crippen LogP contribution in [0.25, 0.3) is 0 Å². The summed E-state index contributed by atoms with van der Waals surface area (Å²) in [7, 11) is -1.58. The lowest BCUT2D eigenvalue weighted by Crippen LogP contribution is -2.40. The van der Waals surface area contributed by atoms with E-state index >= 15 is 0 Å². The number of hydrogen-bond donors (Lipinski definition) is 4. The van der Waals surface area contributed by atoms with E-state index in [4.69, 9.17) is 20.7 Å². The highest BCUT2D eigenvalue weighted by atomic mass is 28.2. The molecule has 5 heteroatoms. The zero-order valence-electron chi connectivity index (χ0n) is 3.13. The molecule has 38 valence electrons. The van der Waals surface area contributed by atoms with Gasteiger partial charge in [0.2, 0.25) is 0 Å². The first kappa shape index (κ1) is 6.06. The van der Waals surface area contributed by atoms with Crippen LogP contribution >= 0.6 is 0 Å². The minimum Gasteiger partial charge on any atom is -0.349 e. The second-order valence-electron chi connectivity index (χ2n) is 0.978. The highest BCUT2D eigenvalue weighted by molar-refractivity contribution is 6.33. The van der Waals surface area contributed by atoms with Crippen molar-refractivity contribution in [2.45, 2.75) is 5.60 Å². The summed E-state index contributed by atoms with van der Waals surface area (Å²) in [5, 5.41) is 28.3. The molecule has 0 aliphatic heterocycles. The van der Waals surface area contributed by atoms with Crippen LogP contribution in [0, 0.1) is 0 Å². The Hall–Kier alpha value is 0.0569. The van der Waals surface area contributed by atoms with Crippen molar-refractivity contribution in [3.8, 4) is 0 Å². The summed E-state index contributed by atoms with van der Waals surface area (Å²) in [5.74, 6) is 0. The second-order valence-corrected chi connectivity index (χ2v) is 2.34. The van der Waals surface area contributed by atoms with Crippen molar-refractivity contribution in [2.24, 2.45) is 5.40 Å². The van der Waals surface area contributed by atoms with Gasteiger partial charge in [0.1, 0.15) is 0 Å². The molecule has 0 heterocycles. The van der Waals surface area contributed by atoms with Crippen LogP contribution in [-0.2, 0) is 0 Å². The number of hydrogen-bond acceptors (Lipinski definition) is 4. The van der Waals surface area contributed by atoms with Gasteiger partial charge in [-0.05, 0) is 0 Å². The smallest absolute Gasteiger partial charge is 0.258 e. The summed E-state index contributed by atoms with van der Waals surface area (Å²) in [5.41, 5.74) is -2.54. The van der Waals surface area contributed by atoms with Crippen molar-refractivity contribution in [3.63, 3.8) is 0 Å². The lowest BCUT2D eigenvalue weighted by molar-refractivity contribution is -0.246. The summed E-state index contributed by atoms with van der Waals surface area (Å²) in [6.07, 6.45) is 0. The van der Waals surface area contributed by atoms with E-state index in [1.54, 1.807) is 0 Å². The summed E-state index contributed by atoms with van der Waals surface area (Å²) >= 11 is 0. The van der Waals surface area contributed by atoms with E-state index < -0.39 is 15.3 Å². The molecule has 0 amide bonds. The van der Waals surface area contributed by atoms with Crippen molar-refractivity contribution in [3.05, 3.63) is 0 Å². The van der Waals surface area contributed by atoms with Crippen LogP contribution in [0.5, 0.6) is 0 Å². The molecule has 0 atom stereocenters. The summed E-state index contributed by atoms with van der Waals surface area (Å²) in [4.78, 5) is 0. The van der Waals surface area contributed by atoms with Gasteiger partial charge in [-0.1, -0.05) is 0 Å². The molecule has 0 aromatic heterocycles. The zero-order valence-corrected chi connectivity index (χ0v) is 4.54. The quantitative estimate of drug-likeness (QED) is 0.209. The van der Waals surface area contributed by atoms with Gasteiger partial charge in [0.25, 0.3) is 5.60 Å². The van der Waals surface area contributed by atoms with Crippen molar-refractivity contribution in [1.29, 1.82) is 0 Å². The summed E-state index contributed by atoms with van der Waals surface area (Å²) in [6.45, 7) is 0. The van der Waals surface area contributed by atoms with Gasteiger partial charge in [-0.3, -0.25) is 0 Å². The first-order valence-electron chi connectivity index (χ1n) is 1.43. The molecule has 0 unspecified atom stereocenters. The molecule has 0 saturated carbocycles. The lowest BCUT2D eigenvalue weighted by atomic mass is 11.3. The SMILES string of the molecule is N[SiH2]C(O)(O)O.